The minimum Gasteiger partial charge on any atom is -0.378 e. The fourth-order valence-corrected chi connectivity index (χ4v) is 2.69. The highest BCUT2D eigenvalue weighted by Gasteiger charge is 2.12. The maximum Gasteiger partial charge on any atom is 0.191 e. The monoisotopic (exact) mass is 476 g/mol. The topological polar surface area (TPSA) is 48.9 Å². The lowest BCUT2D eigenvalue weighted by Crippen LogP contribution is -2.38. The molecule has 0 aromatic heterocycles. The van der Waals surface area contributed by atoms with Crippen molar-refractivity contribution in [2.24, 2.45) is 10.9 Å². The van der Waals surface area contributed by atoms with Gasteiger partial charge in [0.05, 0.1) is 6.10 Å². The average molecular weight is 476 g/mol. The number of nitrogens with one attached hydrogen (secondary N) is 2. The molecule has 1 rings (SSSR count). The van der Waals surface area contributed by atoms with E-state index >= 15 is 0 Å². The third-order valence-corrected chi connectivity index (χ3v) is 4.05. The van der Waals surface area contributed by atoms with Crippen molar-refractivity contribution in [1.82, 2.24) is 15.5 Å². The minimum atomic E-state index is 0. The summed E-state index contributed by atoms with van der Waals surface area (Å²) in [5, 5.41) is 6.74. The van der Waals surface area contributed by atoms with Crippen molar-refractivity contribution < 1.29 is 4.74 Å². The number of guanidine groups is 1. The number of aliphatic imine (C=N–C) groups is 1. The first-order valence-electron chi connectivity index (χ1n) is 9.24. The molecule has 5 nitrogen and oxygen atoms in total. The molecule has 1 aromatic rings. The highest BCUT2D eigenvalue weighted by molar-refractivity contribution is 14.0. The van der Waals surface area contributed by atoms with Crippen molar-refractivity contribution in [3.05, 3.63) is 35.4 Å². The molecule has 0 aliphatic rings. The smallest absolute Gasteiger partial charge is 0.191 e. The highest BCUT2D eigenvalue weighted by Crippen LogP contribution is 2.10. The van der Waals surface area contributed by atoms with E-state index in [4.69, 9.17) is 4.74 Å². The zero-order chi connectivity index (χ0) is 18.7. The molecule has 0 spiro atoms. The number of benzene rings is 1. The molecule has 0 fully saturated rings. The Kier molecular flexibility index (Phi) is 13.8. The Bertz CT molecular complexity index is 503. The summed E-state index contributed by atoms with van der Waals surface area (Å²) in [6, 6.07) is 8.71. The van der Waals surface area contributed by atoms with Crippen LogP contribution in [-0.2, 0) is 17.8 Å². The Morgan fingerprint density at radius 2 is 1.73 bits per heavy atom. The highest BCUT2D eigenvalue weighted by atomic mass is 127. The van der Waals surface area contributed by atoms with E-state index in [1.54, 1.807) is 7.05 Å². The van der Waals surface area contributed by atoms with Gasteiger partial charge in [0.15, 0.2) is 5.96 Å². The first-order valence-corrected chi connectivity index (χ1v) is 9.24. The van der Waals surface area contributed by atoms with Gasteiger partial charge < -0.3 is 20.3 Å². The number of hydrogen-bond donors (Lipinski definition) is 2. The lowest BCUT2D eigenvalue weighted by molar-refractivity contribution is 0.0258. The normalized spacial score (nSPS) is 12.8. The molecule has 0 bridgehead atoms. The zero-order valence-electron chi connectivity index (χ0n) is 17.2. The second-order valence-corrected chi connectivity index (χ2v) is 6.93. The summed E-state index contributed by atoms with van der Waals surface area (Å²) in [6.07, 6.45) is 1.27. The van der Waals surface area contributed by atoms with Gasteiger partial charge in [-0.25, -0.2) is 0 Å². The van der Waals surface area contributed by atoms with Gasteiger partial charge in [0.2, 0.25) is 0 Å². The second-order valence-electron chi connectivity index (χ2n) is 6.93. The average Bonchev–Trinajstić information content (AvgIpc) is 2.57. The van der Waals surface area contributed by atoms with Crippen LogP contribution in [0.1, 0.15) is 38.3 Å². The number of halogens is 1. The van der Waals surface area contributed by atoms with E-state index in [1.165, 1.54) is 11.1 Å². The van der Waals surface area contributed by atoms with Gasteiger partial charge in [-0.05, 0) is 44.5 Å². The van der Waals surface area contributed by atoms with Gasteiger partial charge in [-0.15, -0.1) is 24.0 Å². The molecule has 0 radical (unpaired) electrons. The quantitative estimate of drug-likeness (QED) is 0.309. The Balaban J connectivity index is 0.00000625. The van der Waals surface area contributed by atoms with Crippen molar-refractivity contribution in [2.45, 2.75) is 46.4 Å². The van der Waals surface area contributed by atoms with Crippen LogP contribution in [0.4, 0.5) is 0 Å². The van der Waals surface area contributed by atoms with Crippen molar-refractivity contribution >= 4 is 29.9 Å². The summed E-state index contributed by atoms with van der Waals surface area (Å²) in [7, 11) is 5.97. The molecule has 0 aliphatic carbocycles. The molecule has 6 heteroatoms. The first-order chi connectivity index (χ1) is 12.0. The summed E-state index contributed by atoms with van der Waals surface area (Å²) in [6.45, 7) is 9.80. The van der Waals surface area contributed by atoms with E-state index < -0.39 is 0 Å². The first kappa shape index (κ1) is 25.1. The molecular weight excluding hydrogens is 439 g/mol. The molecule has 150 valence electrons. The second kappa shape index (κ2) is 14.2. The lowest BCUT2D eigenvalue weighted by Gasteiger charge is -2.21. The molecule has 0 amide bonds. The molecule has 26 heavy (non-hydrogen) atoms. The van der Waals surface area contributed by atoms with E-state index in [1.807, 2.05) is 6.92 Å². The number of nitrogens with zero attached hydrogens (tertiary/aromatic N) is 2. The molecular formula is C20H37IN4O. The van der Waals surface area contributed by atoms with Gasteiger partial charge in [0.25, 0.3) is 0 Å². The maximum atomic E-state index is 5.78. The molecule has 0 heterocycles. The van der Waals surface area contributed by atoms with Crippen LogP contribution in [0, 0.1) is 5.92 Å². The third kappa shape index (κ3) is 10.3. The molecule has 0 saturated carbocycles. The molecule has 1 unspecified atom stereocenters. The Hall–Kier alpha value is -0.860. The summed E-state index contributed by atoms with van der Waals surface area (Å²) in [5.74, 6) is 1.36. The van der Waals surface area contributed by atoms with Crippen LogP contribution >= 0.6 is 24.0 Å². The lowest BCUT2D eigenvalue weighted by atomic mass is 10.0. The standard InChI is InChI=1S/C20H36N4O.HI/c1-7-25-19(16(2)3)12-13-22-20(21-4)23-14-17-8-10-18(11-9-17)15-24(5)6;/h8-11,16,19H,7,12-15H2,1-6H3,(H2,21,22,23);1H. The van der Waals surface area contributed by atoms with Crippen LogP contribution in [0.2, 0.25) is 0 Å². The number of ether oxygens (including phenoxy) is 1. The van der Waals surface area contributed by atoms with Gasteiger partial charge in [0.1, 0.15) is 0 Å². The van der Waals surface area contributed by atoms with Gasteiger partial charge >= 0.3 is 0 Å². The fraction of sp³-hybridized carbons (Fsp3) is 0.650. The molecule has 2 N–H and O–H groups in total. The predicted molar refractivity (Wildman–Crippen MR) is 122 cm³/mol. The summed E-state index contributed by atoms with van der Waals surface area (Å²) in [4.78, 5) is 6.47. The van der Waals surface area contributed by atoms with Crippen molar-refractivity contribution in [1.29, 1.82) is 0 Å². The fourth-order valence-electron chi connectivity index (χ4n) is 2.69. The van der Waals surface area contributed by atoms with E-state index in [0.29, 0.717) is 12.0 Å². The van der Waals surface area contributed by atoms with Crippen LogP contribution in [0.5, 0.6) is 0 Å². The maximum absolute atomic E-state index is 5.78. The van der Waals surface area contributed by atoms with Crippen molar-refractivity contribution in [3.63, 3.8) is 0 Å². The molecule has 0 aliphatic heterocycles. The predicted octanol–water partition coefficient (Wildman–Crippen LogP) is 3.48. The van der Waals surface area contributed by atoms with E-state index in [-0.39, 0.29) is 24.0 Å². The number of rotatable bonds is 10. The van der Waals surface area contributed by atoms with Crippen LogP contribution in [0.3, 0.4) is 0 Å². The summed E-state index contributed by atoms with van der Waals surface area (Å²) in [5.41, 5.74) is 2.58. The van der Waals surface area contributed by atoms with Crippen molar-refractivity contribution in [2.75, 3.05) is 34.3 Å². The SMILES string of the molecule is CCOC(CCNC(=NC)NCc1ccc(CN(C)C)cc1)C(C)C.I. The number of hydrogen-bond acceptors (Lipinski definition) is 3. The van der Waals surface area contributed by atoms with Crippen molar-refractivity contribution in [3.8, 4) is 0 Å². The summed E-state index contributed by atoms with van der Waals surface area (Å²) < 4.78 is 5.78. The van der Waals surface area contributed by atoms with Crippen LogP contribution < -0.4 is 10.6 Å². The Morgan fingerprint density at radius 3 is 2.23 bits per heavy atom. The van der Waals surface area contributed by atoms with Gasteiger partial charge in [-0.3, -0.25) is 4.99 Å². The van der Waals surface area contributed by atoms with Crippen LogP contribution in [0.15, 0.2) is 29.3 Å². The minimum absolute atomic E-state index is 0. The van der Waals surface area contributed by atoms with E-state index in [2.05, 4.69) is 72.7 Å². The van der Waals surface area contributed by atoms with E-state index in [9.17, 15) is 0 Å². The Morgan fingerprint density at radius 1 is 1.12 bits per heavy atom. The summed E-state index contributed by atoms with van der Waals surface area (Å²) >= 11 is 0. The third-order valence-electron chi connectivity index (χ3n) is 4.05. The largest absolute Gasteiger partial charge is 0.378 e. The van der Waals surface area contributed by atoms with Gasteiger partial charge in [-0.1, -0.05) is 38.1 Å². The Labute approximate surface area is 177 Å². The molecule has 1 atom stereocenters. The van der Waals surface area contributed by atoms with E-state index in [0.717, 1.165) is 38.6 Å². The zero-order valence-corrected chi connectivity index (χ0v) is 19.5. The van der Waals surface area contributed by atoms with Crippen LogP contribution in [0.25, 0.3) is 0 Å². The molecule has 1 aromatic carbocycles. The molecule has 0 saturated heterocycles. The van der Waals surface area contributed by atoms with Gasteiger partial charge in [-0.2, -0.15) is 0 Å². The van der Waals surface area contributed by atoms with Gasteiger partial charge in [0, 0.05) is 33.3 Å². The van der Waals surface area contributed by atoms with Crippen LogP contribution in [-0.4, -0.2) is 51.3 Å².